The van der Waals surface area contributed by atoms with Crippen LogP contribution < -0.4 is 4.74 Å². The summed E-state index contributed by atoms with van der Waals surface area (Å²) in [5.41, 5.74) is 1.18. The van der Waals surface area contributed by atoms with Crippen molar-refractivity contribution in [3.63, 3.8) is 0 Å². The molecule has 0 N–H and O–H groups in total. The fraction of sp³-hybridized carbons (Fsp3) is 0.571. The van der Waals surface area contributed by atoms with Crippen molar-refractivity contribution >= 4 is 11.8 Å². The topological polar surface area (TPSA) is 64.0 Å². The van der Waals surface area contributed by atoms with Gasteiger partial charge in [-0.05, 0) is 57.0 Å². The maximum absolute atomic E-state index is 13.6. The van der Waals surface area contributed by atoms with E-state index >= 15 is 0 Å². The van der Waals surface area contributed by atoms with Crippen LogP contribution in [0, 0.1) is 5.41 Å². The monoisotopic (exact) mass is 485 g/mol. The number of hydrogen-bond acceptors (Lipinski definition) is 4. The van der Waals surface area contributed by atoms with E-state index in [0.717, 1.165) is 17.0 Å². The number of methoxy groups -OCH3 is 2. The molecular formula is C28H43N3O4. The lowest BCUT2D eigenvalue weighted by atomic mass is 9.94. The fourth-order valence-corrected chi connectivity index (χ4v) is 3.95. The van der Waals surface area contributed by atoms with E-state index in [0.29, 0.717) is 32.7 Å². The van der Waals surface area contributed by atoms with E-state index in [1.54, 1.807) is 19.1 Å². The predicted octanol–water partition coefficient (Wildman–Crippen LogP) is 4.58. The number of aromatic nitrogens is 1. The molecule has 1 aromatic carbocycles. The summed E-state index contributed by atoms with van der Waals surface area (Å²) >= 11 is 0. The molecule has 0 aliphatic carbocycles. The van der Waals surface area contributed by atoms with Crippen molar-refractivity contribution in [2.24, 2.45) is 5.41 Å². The molecule has 35 heavy (non-hydrogen) atoms. The lowest BCUT2D eigenvalue weighted by Crippen LogP contribution is -2.52. The van der Waals surface area contributed by atoms with Gasteiger partial charge in [-0.25, -0.2) is 0 Å². The summed E-state index contributed by atoms with van der Waals surface area (Å²) in [5, 5.41) is 0. The first-order valence-corrected chi connectivity index (χ1v) is 12.2. The molecule has 0 radical (unpaired) electrons. The summed E-state index contributed by atoms with van der Waals surface area (Å²) in [4.78, 5) is 30.3. The average molecular weight is 486 g/mol. The molecule has 0 aliphatic heterocycles. The van der Waals surface area contributed by atoms with Gasteiger partial charge in [0.1, 0.15) is 5.75 Å². The molecule has 2 aromatic rings. The van der Waals surface area contributed by atoms with E-state index in [-0.39, 0.29) is 18.4 Å². The van der Waals surface area contributed by atoms with Gasteiger partial charge in [-0.3, -0.25) is 9.59 Å². The van der Waals surface area contributed by atoms with Crippen molar-refractivity contribution in [1.82, 2.24) is 14.4 Å². The van der Waals surface area contributed by atoms with E-state index < -0.39 is 11.0 Å². The largest absolute Gasteiger partial charge is 0.497 e. The molecule has 0 bridgehead atoms. The zero-order chi connectivity index (χ0) is 26.2. The van der Waals surface area contributed by atoms with E-state index in [1.807, 2.05) is 83.0 Å². The van der Waals surface area contributed by atoms with Crippen molar-refractivity contribution in [1.29, 1.82) is 0 Å². The first-order chi connectivity index (χ1) is 16.4. The van der Waals surface area contributed by atoms with E-state index in [4.69, 9.17) is 9.47 Å². The smallest absolute Gasteiger partial charge is 0.242 e. The SMILES string of the molecule is COCCCN(CC(=O)N(Cc1cccn1Cc1cccc(OC)c1)C(C)(C)C)C(=O)C(C)(C)C. The number of amides is 2. The first-order valence-electron chi connectivity index (χ1n) is 12.2. The Morgan fingerprint density at radius 2 is 1.71 bits per heavy atom. The van der Waals surface area contributed by atoms with Crippen LogP contribution in [0.25, 0.3) is 0 Å². The Balaban J connectivity index is 2.23. The number of benzene rings is 1. The number of ether oxygens (including phenoxy) is 2. The van der Waals surface area contributed by atoms with Gasteiger partial charge >= 0.3 is 0 Å². The molecule has 0 unspecified atom stereocenters. The van der Waals surface area contributed by atoms with Crippen molar-refractivity contribution < 1.29 is 19.1 Å². The number of hydrogen-bond donors (Lipinski definition) is 0. The highest BCUT2D eigenvalue weighted by molar-refractivity contribution is 5.87. The molecule has 2 rings (SSSR count). The minimum absolute atomic E-state index is 0.0304. The summed E-state index contributed by atoms with van der Waals surface area (Å²) in [5.74, 6) is 0.721. The molecule has 1 aromatic heterocycles. The molecule has 0 aliphatic rings. The quantitative estimate of drug-likeness (QED) is 0.437. The number of nitrogens with zero attached hydrogens (tertiary/aromatic N) is 3. The van der Waals surface area contributed by atoms with Gasteiger partial charge in [0, 0.05) is 49.7 Å². The van der Waals surface area contributed by atoms with Crippen LogP contribution in [-0.2, 0) is 27.4 Å². The number of carbonyl (C=O) groups is 2. The zero-order valence-electron chi connectivity index (χ0n) is 22.8. The second kappa shape index (κ2) is 12.2. The fourth-order valence-electron chi connectivity index (χ4n) is 3.95. The van der Waals surface area contributed by atoms with E-state index in [9.17, 15) is 9.59 Å². The normalized spacial score (nSPS) is 11.9. The molecular weight excluding hydrogens is 442 g/mol. The highest BCUT2D eigenvalue weighted by Crippen LogP contribution is 2.22. The standard InChI is InChI=1S/C28H43N3O4/c1-27(2,3)26(33)30(16-11-17-34-7)21-25(32)31(28(4,5)6)20-23-13-10-15-29(23)19-22-12-9-14-24(18-22)35-8/h9-10,12-15,18H,11,16-17,19-21H2,1-8H3. The highest BCUT2D eigenvalue weighted by Gasteiger charge is 2.33. The summed E-state index contributed by atoms with van der Waals surface area (Å²) in [6, 6.07) is 12.0. The maximum Gasteiger partial charge on any atom is 0.242 e. The van der Waals surface area contributed by atoms with Crippen LogP contribution in [0.5, 0.6) is 5.75 Å². The van der Waals surface area contributed by atoms with Gasteiger partial charge in [-0.15, -0.1) is 0 Å². The summed E-state index contributed by atoms with van der Waals surface area (Å²) in [6.07, 6.45) is 2.71. The summed E-state index contributed by atoms with van der Waals surface area (Å²) < 4.78 is 12.7. The molecule has 0 saturated carbocycles. The minimum Gasteiger partial charge on any atom is -0.497 e. The van der Waals surface area contributed by atoms with Gasteiger partial charge in [0.15, 0.2) is 0 Å². The third kappa shape index (κ3) is 8.42. The van der Waals surface area contributed by atoms with Crippen molar-refractivity contribution in [3.8, 4) is 5.75 Å². The lowest BCUT2D eigenvalue weighted by molar-refractivity contribution is -0.148. The van der Waals surface area contributed by atoms with Crippen molar-refractivity contribution in [3.05, 3.63) is 53.9 Å². The summed E-state index contributed by atoms with van der Waals surface area (Å²) in [6.45, 7) is 14.0. The molecule has 0 fully saturated rings. The first kappa shape index (κ1) is 28.4. The number of rotatable bonds is 11. The molecule has 7 heteroatoms. The molecule has 194 valence electrons. The van der Waals surface area contributed by atoms with E-state index in [2.05, 4.69) is 10.6 Å². The van der Waals surface area contributed by atoms with Gasteiger partial charge in [-0.2, -0.15) is 0 Å². The van der Waals surface area contributed by atoms with Crippen LogP contribution in [0.3, 0.4) is 0 Å². The minimum atomic E-state index is -0.564. The second-order valence-electron chi connectivity index (χ2n) is 11.0. The maximum atomic E-state index is 13.6. The van der Waals surface area contributed by atoms with Crippen LogP contribution in [0.2, 0.25) is 0 Å². The Bertz CT molecular complexity index is 969. The van der Waals surface area contributed by atoms with Crippen LogP contribution >= 0.6 is 0 Å². The molecule has 0 spiro atoms. The third-order valence-electron chi connectivity index (χ3n) is 5.87. The van der Waals surface area contributed by atoms with Crippen LogP contribution in [-0.4, -0.2) is 65.6 Å². The van der Waals surface area contributed by atoms with Gasteiger partial charge in [-0.1, -0.05) is 32.9 Å². The van der Waals surface area contributed by atoms with Gasteiger partial charge < -0.3 is 23.8 Å². The van der Waals surface area contributed by atoms with Gasteiger partial charge in [0.05, 0.1) is 20.2 Å². The van der Waals surface area contributed by atoms with E-state index in [1.165, 1.54) is 0 Å². The Morgan fingerprint density at radius 3 is 2.31 bits per heavy atom. The predicted molar refractivity (Wildman–Crippen MR) is 139 cm³/mol. The Kier molecular flexibility index (Phi) is 9.95. The molecule has 7 nitrogen and oxygen atoms in total. The Morgan fingerprint density at radius 1 is 1.00 bits per heavy atom. The number of carbonyl (C=O) groups excluding carboxylic acids is 2. The van der Waals surface area contributed by atoms with Crippen LogP contribution in [0.15, 0.2) is 42.6 Å². The Hall–Kier alpha value is -2.80. The highest BCUT2D eigenvalue weighted by atomic mass is 16.5. The van der Waals surface area contributed by atoms with Crippen LogP contribution in [0.4, 0.5) is 0 Å². The molecule has 1 heterocycles. The lowest BCUT2D eigenvalue weighted by Gasteiger charge is -2.38. The van der Waals surface area contributed by atoms with Crippen LogP contribution in [0.1, 0.15) is 59.2 Å². The van der Waals surface area contributed by atoms with Gasteiger partial charge in [0.2, 0.25) is 11.8 Å². The molecule has 0 atom stereocenters. The second-order valence-corrected chi connectivity index (χ2v) is 11.0. The molecule has 0 saturated heterocycles. The summed E-state index contributed by atoms with van der Waals surface area (Å²) in [7, 11) is 3.30. The van der Waals surface area contributed by atoms with Crippen molar-refractivity contribution in [2.45, 2.75) is 66.6 Å². The van der Waals surface area contributed by atoms with Crippen molar-refractivity contribution in [2.75, 3.05) is 33.9 Å². The third-order valence-corrected chi connectivity index (χ3v) is 5.87. The average Bonchev–Trinajstić information content (AvgIpc) is 3.21. The molecule has 2 amide bonds. The Labute approximate surface area is 211 Å². The van der Waals surface area contributed by atoms with Gasteiger partial charge in [0.25, 0.3) is 0 Å². The zero-order valence-corrected chi connectivity index (χ0v) is 22.8.